The second kappa shape index (κ2) is 8.01. The highest BCUT2D eigenvalue weighted by molar-refractivity contribution is 5.92. The number of aryl methyl sites for hydroxylation is 1. The van der Waals surface area contributed by atoms with E-state index in [0.29, 0.717) is 18.5 Å². The maximum absolute atomic E-state index is 6.05. The minimum Gasteiger partial charge on any atom is -0.370 e. The van der Waals surface area contributed by atoms with Crippen molar-refractivity contribution < 1.29 is 0 Å². The summed E-state index contributed by atoms with van der Waals surface area (Å²) in [7, 11) is 0. The van der Waals surface area contributed by atoms with Crippen LogP contribution in [0.4, 0.5) is 5.95 Å². The van der Waals surface area contributed by atoms with Gasteiger partial charge in [-0.1, -0.05) is 60.7 Å². The maximum Gasteiger partial charge on any atom is 0.230 e. The van der Waals surface area contributed by atoms with Gasteiger partial charge in [-0.25, -0.2) is 15.0 Å². The predicted molar refractivity (Wildman–Crippen MR) is 114 cm³/mol. The molecule has 5 nitrogen and oxygen atoms in total. The molecule has 0 amide bonds. The molecule has 4 aromatic rings. The number of fused-ring (bicyclic) bond motifs is 2. The molecule has 3 N–H and O–H groups in total. The van der Waals surface area contributed by atoms with Crippen molar-refractivity contribution in [2.24, 2.45) is 10.7 Å². The molecule has 0 aliphatic rings. The zero-order valence-corrected chi connectivity index (χ0v) is 15.7. The Morgan fingerprint density at radius 3 is 2.48 bits per heavy atom. The lowest BCUT2D eigenvalue weighted by atomic mass is 10.1. The molecule has 0 saturated heterocycles. The molecule has 6 heteroatoms. The highest BCUT2D eigenvalue weighted by atomic mass is 35.5. The van der Waals surface area contributed by atoms with Gasteiger partial charge in [0.15, 0.2) is 5.96 Å². The molecule has 0 radical (unpaired) electrons. The summed E-state index contributed by atoms with van der Waals surface area (Å²) in [5, 5.41) is 6.41. The van der Waals surface area contributed by atoms with Gasteiger partial charge in [-0.3, -0.25) is 5.32 Å². The lowest BCUT2D eigenvalue weighted by molar-refractivity contribution is 1.07. The molecule has 0 bridgehead atoms. The molecule has 0 spiro atoms. The van der Waals surface area contributed by atoms with Gasteiger partial charge in [0.2, 0.25) is 5.95 Å². The van der Waals surface area contributed by atoms with E-state index in [9.17, 15) is 0 Å². The van der Waals surface area contributed by atoms with Crippen LogP contribution in [0.3, 0.4) is 0 Å². The highest BCUT2D eigenvalue weighted by Crippen LogP contribution is 2.19. The van der Waals surface area contributed by atoms with Crippen LogP contribution in [0.25, 0.3) is 21.7 Å². The van der Waals surface area contributed by atoms with Crippen LogP contribution >= 0.6 is 12.4 Å². The summed E-state index contributed by atoms with van der Waals surface area (Å²) in [6, 6.07) is 22.3. The Morgan fingerprint density at radius 2 is 1.63 bits per heavy atom. The third-order valence-corrected chi connectivity index (χ3v) is 4.33. The first-order valence-corrected chi connectivity index (χ1v) is 8.48. The fourth-order valence-electron chi connectivity index (χ4n) is 3.05. The molecule has 1 aromatic heterocycles. The number of nitrogens with zero attached hydrogens (tertiary/aromatic N) is 3. The molecular formula is C21H20ClN5. The van der Waals surface area contributed by atoms with Crippen molar-refractivity contribution in [2.75, 3.05) is 5.32 Å². The Hall–Kier alpha value is -3.18. The standard InChI is InChI=1S/C21H19N5.ClH/c1-14-17-10-4-5-12-19(17)25-21(24-14)26-20(22)23-13-16-9-6-8-15-7-2-3-11-18(15)16;/h2-12H,13H2,1H3,(H3,22,23,24,25,26);1H. The Balaban J connectivity index is 0.00000210. The van der Waals surface area contributed by atoms with Crippen molar-refractivity contribution in [3.63, 3.8) is 0 Å². The highest BCUT2D eigenvalue weighted by Gasteiger charge is 2.05. The van der Waals surface area contributed by atoms with Crippen molar-refractivity contribution in [3.05, 3.63) is 78.0 Å². The zero-order valence-electron chi connectivity index (χ0n) is 14.9. The van der Waals surface area contributed by atoms with E-state index in [1.807, 2.05) is 49.4 Å². The van der Waals surface area contributed by atoms with Gasteiger partial charge in [-0.05, 0) is 29.3 Å². The van der Waals surface area contributed by atoms with Crippen LogP contribution in [0.1, 0.15) is 11.3 Å². The van der Waals surface area contributed by atoms with E-state index in [0.717, 1.165) is 22.2 Å². The molecular weight excluding hydrogens is 358 g/mol. The minimum atomic E-state index is 0. The van der Waals surface area contributed by atoms with Crippen LogP contribution < -0.4 is 11.1 Å². The van der Waals surface area contributed by atoms with Gasteiger partial charge in [0.25, 0.3) is 0 Å². The van der Waals surface area contributed by atoms with Crippen LogP contribution in [-0.4, -0.2) is 15.9 Å². The molecule has 0 atom stereocenters. The van der Waals surface area contributed by atoms with Crippen LogP contribution in [-0.2, 0) is 6.54 Å². The van der Waals surface area contributed by atoms with Crippen LogP contribution in [0, 0.1) is 6.92 Å². The van der Waals surface area contributed by atoms with E-state index in [2.05, 4.69) is 44.5 Å². The van der Waals surface area contributed by atoms with Crippen molar-refractivity contribution in [1.29, 1.82) is 0 Å². The largest absolute Gasteiger partial charge is 0.370 e. The number of para-hydroxylation sites is 1. The van der Waals surface area contributed by atoms with Crippen molar-refractivity contribution in [3.8, 4) is 0 Å². The molecule has 3 aromatic carbocycles. The fourth-order valence-corrected chi connectivity index (χ4v) is 3.05. The number of hydrogen-bond acceptors (Lipinski definition) is 3. The van der Waals surface area contributed by atoms with E-state index < -0.39 is 0 Å². The lowest BCUT2D eigenvalue weighted by Gasteiger charge is -2.08. The van der Waals surface area contributed by atoms with Gasteiger partial charge in [0.1, 0.15) is 0 Å². The first kappa shape index (κ1) is 18.6. The predicted octanol–water partition coefficient (Wildman–Crippen LogP) is 4.44. The number of hydrogen-bond donors (Lipinski definition) is 2. The topological polar surface area (TPSA) is 76.2 Å². The number of rotatable bonds is 3. The number of nitrogens with two attached hydrogens (primary N) is 1. The number of guanidine groups is 1. The fraction of sp³-hybridized carbons (Fsp3) is 0.0952. The number of aliphatic imine (C=N–C) groups is 1. The Bertz CT molecular complexity index is 1120. The summed E-state index contributed by atoms with van der Waals surface area (Å²) in [5.41, 5.74) is 8.96. The number of aromatic nitrogens is 2. The third-order valence-electron chi connectivity index (χ3n) is 4.33. The van der Waals surface area contributed by atoms with Gasteiger partial charge in [0.05, 0.1) is 17.8 Å². The average molecular weight is 378 g/mol. The normalized spacial score (nSPS) is 11.4. The molecule has 1 heterocycles. The van der Waals surface area contributed by atoms with E-state index >= 15 is 0 Å². The van der Waals surface area contributed by atoms with E-state index in [1.54, 1.807) is 0 Å². The summed E-state index contributed by atoms with van der Waals surface area (Å²) >= 11 is 0. The summed E-state index contributed by atoms with van der Waals surface area (Å²) in [4.78, 5) is 13.4. The quantitative estimate of drug-likeness (QED) is 0.408. The van der Waals surface area contributed by atoms with Gasteiger partial charge >= 0.3 is 0 Å². The van der Waals surface area contributed by atoms with Crippen LogP contribution in [0.15, 0.2) is 71.7 Å². The molecule has 0 aliphatic carbocycles. The summed E-state index contributed by atoms with van der Waals surface area (Å²) < 4.78 is 0. The summed E-state index contributed by atoms with van der Waals surface area (Å²) in [6.45, 7) is 2.45. The van der Waals surface area contributed by atoms with Crippen molar-refractivity contribution in [2.45, 2.75) is 13.5 Å². The monoisotopic (exact) mass is 377 g/mol. The molecule has 4 rings (SSSR count). The summed E-state index contributed by atoms with van der Waals surface area (Å²) in [5.74, 6) is 0.757. The molecule has 136 valence electrons. The molecule has 27 heavy (non-hydrogen) atoms. The Labute approximate surface area is 163 Å². The smallest absolute Gasteiger partial charge is 0.230 e. The number of halogens is 1. The lowest BCUT2D eigenvalue weighted by Crippen LogP contribution is -2.24. The number of nitrogens with one attached hydrogen (secondary N) is 1. The van der Waals surface area contributed by atoms with Crippen molar-refractivity contribution in [1.82, 2.24) is 9.97 Å². The van der Waals surface area contributed by atoms with Gasteiger partial charge in [-0.15, -0.1) is 12.4 Å². The maximum atomic E-state index is 6.05. The van der Waals surface area contributed by atoms with E-state index in [1.165, 1.54) is 10.8 Å². The molecule has 0 unspecified atom stereocenters. The van der Waals surface area contributed by atoms with Crippen LogP contribution in [0.5, 0.6) is 0 Å². The average Bonchev–Trinajstić information content (AvgIpc) is 2.66. The number of anilines is 1. The Kier molecular flexibility index (Phi) is 5.52. The minimum absolute atomic E-state index is 0. The number of benzene rings is 3. The molecule has 0 saturated carbocycles. The van der Waals surface area contributed by atoms with Crippen molar-refractivity contribution >= 4 is 46.0 Å². The first-order valence-electron chi connectivity index (χ1n) is 8.48. The molecule has 0 fully saturated rings. The third kappa shape index (κ3) is 3.99. The first-order chi connectivity index (χ1) is 12.7. The summed E-state index contributed by atoms with van der Waals surface area (Å²) in [6.07, 6.45) is 0. The van der Waals surface area contributed by atoms with Gasteiger partial charge in [0, 0.05) is 5.39 Å². The second-order valence-corrected chi connectivity index (χ2v) is 6.11. The van der Waals surface area contributed by atoms with Gasteiger partial charge < -0.3 is 5.73 Å². The van der Waals surface area contributed by atoms with E-state index in [-0.39, 0.29) is 12.4 Å². The SMILES string of the molecule is Cc1nc(NC(N)=NCc2cccc3ccccc23)nc2ccccc12.Cl. The van der Waals surface area contributed by atoms with Crippen LogP contribution in [0.2, 0.25) is 0 Å². The van der Waals surface area contributed by atoms with E-state index in [4.69, 9.17) is 5.73 Å². The zero-order chi connectivity index (χ0) is 17.9. The Morgan fingerprint density at radius 1 is 0.926 bits per heavy atom. The molecule has 0 aliphatic heterocycles. The second-order valence-electron chi connectivity index (χ2n) is 6.11. The van der Waals surface area contributed by atoms with Gasteiger partial charge in [-0.2, -0.15) is 0 Å².